The second-order valence-electron chi connectivity index (χ2n) is 4.24. The molecule has 0 bridgehead atoms. The van der Waals surface area contributed by atoms with Gasteiger partial charge in [0.15, 0.2) is 0 Å². The van der Waals surface area contributed by atoms with Gasteiger partial charge in [0, 0.05) is 17.2 Å². The zero-order valence-corrected chi connectivity index (χ0v) is 10.5. The highest BCUT2D eigenvalue weighted by atomic mass is 79.9. The number of thiophene rings is 1. The molecule has 0 amide bonds. The lowest BCUT2D eigenvalue weighted by molar-refractivity contribution is -0.120. The Kier molecular flexibility index (Phi) is 2.45. The average Bonchev–Trinajstić information content (AvgIpc) is 2.60. The zero-order valence-electron chi connectivity index (χ0n) is 8.11. The lowest BCUT2D eigenvalue weighted by Gasteiger charge is -2.01. The van der Waals surface area contributed by atoms with E-state index in [2.05, 4.69) is 15.9 Å². The second kappa shape index (κ2) is 3.68. The monoisotopic (exact) mass is 286 g/mol. The Morgan fingerprint density at radius 1 is 1.47 bits per heavy atom. The van der Waals surface area contributed by atoms with E-state index in [1.54, 1.807) is 11.3 Å². The van der Waals surface area contributed by atoms with Crippen molar-refractivity contribution in [2.75, 3.05) is 13.2 Å². The molecule has 1 aromatic heterocycles. The summed E-state index contributed by atoms with van der Waals surface area (Å²) in [5.74, 6) is 1.80. The van der Waals surface area contributed by atoms with Crippen LogP contribution >= 0.6 is 27.3 Å². The number of fused-ring (bicyclic) bond motifs is 1. The molecule has 0 spiro atoms. The van der Waals surface area contributed by atoms with Gasteiger partial charge in [-0.15, -0.1) is 11.3 Å². The molecule has 1 saturated heterocycles. The van der Waals surface area contributed by atoms with Crippen molar-refractivity contribution in [3.05, 3.63) is 20.8 Å². The number of rotatable bonds is 3. The van der Waals surface area contributed by atoms with Crippen LogP contribution in [0.1, 0.15) is 4.88 Å². The number of hydrogen-bond acceptors (Lipinski definition) is 3. The zero-order chi connectivity index (χ0) is 10.4. The normalized spacial score (nSPS) is 32.7. The Balaban J connectivity index is 1.63. The molecule has 2 heterocycles. The number of halogens is 1. The summed E-state index contributed by atoms with van der Waals surface area (Å²) in [7, 11) is 0. The van der Waals surface area contributed by atoms with Crippen molar-refractivity contribution >= 4 is 33.0 Å². The molecular weight excluding hydrogens is 276 g/mol. The Bertz CT molecular complexity index is 391. The number of carbonyl (C=O) groups is 1. The van der Waals surface area contributed by atoms with Crippen LogP contribution < -0.4 is 0 Å². The van der Waals surface area contributed by atoms with Crippen molar-refractivity contribution in [2.24, 2.45) is 17.8 Å². The highest BCUT2D eigenvalue weighted by molar-refractivity contribution is 9.11. The molecule has 3 rings (SSSR count). The average molecular weight is 287 g/mol. The SMILES string of the molecule is O=C(Cc1ccc(Br)s1)C1C2COCC21. The van der Waals surface area contributed by atoms with Gasteiger partial charge in [0.1, 0.15) is 5.78 Å². The van der Waals surface area contributed by atoms with E-state index in [9.17, 15) is 4.79 Å². The number of ketones is 1. The van der Waals surface area contributed by atoms with Gasteiger partial charge in [-0.05, 0) is 39.9 Å². The first-order chi connectivity index (χ1) is 7.25. The van der Waals surface area contributed by atoms with Gasteiger partial charge in [-0.1, -0.05) is 0 Å². The number of carbonyl (C=O) groups excluding carboxylic acids is 1. The van der Waals surface area contributed by atoms with Crippen LogP contribution in [0.3, 0.4) is 0 Å². The molecule has 0 radical (unpaired) electrons. The third-order valence-electron chi connectivity index (χ3n) is 3.30. The van der Waals surface area contributed by atoms with Gasteiger partial charge < -0.3 is 4.74 Å². The Labute approximate surface area is 101 Å². The fourth-order valence-electron chi connectivity index (χ4n) is 2.45. The molecule has 2 nitrogen and oxygen atoms in total. The lowest BCUT2D eigenvalue weighted by atomic mass is 10.1. The quantitative estimate of drug-likeness (QED) is 0.854. The molecular formula is C11H11BrO2S. The van der Waals surface area contributed by atoms with Crippen LogP contribution in [0, 0.1) is 17.8 Å². The van der Waals surface area contributed by atoms with Crippen LogP contribution in [0.2, 0.25) is 0 Å². The number of ether oxygens (including phenoxy) is 1. The lowest BCUT2D eigenvalue weighted by Crippen LogP contribution is -2.11. The Morgan fingerprint density at radius 2 is 2.20 bits per heavy atom. The van der Waals surface area contributed by atoms with Crippen molar-refractivity contribution in [1.82, 2.24) is 0 Å². The van der Waals surface area contributed by atoms with Gasteiger partial charge in [-0.25, -0.2) is 0 Å². The Hall–Kier alpha value is -0.190. The molecule has 2 aliphatic rings. The van der Waals surface area contributed by atoms with E-state index in [1.165, 1.54) is 0 Å². The predicted octanol–water partition coefficient (Wildman–Crippen LogP) is 2.51. The molecule has 80 valence electrons. The van der Waals surface area contributed by atoms with Crippen LogP contribution in [-0.2, 0) is 16.0 Å². The topological polar surface area (TPSA) is 26.3 Å². The van der Waals surface area contributed by atoms with E-state index in [4.69, 9.17) is 4.74 Å². The Morgan fingerprint density at radius 3 is 2.80 bits per heavy atom. The maximum absolute atomic E-state index is 11.9. The fourth-order valence-corrected chi connectivity index (χ4v) is 3.95. The second-order valence-corrected chi connectivity index (χ2v) is 6.79. The molecule has 1 aliphatic carbocycles. The van der Waals surface area contributed by atoms with Crippen LogP contribution in [0.4, 0.5) is 0 Å². The van der Waals surface area contributed by atoms with Crippen LogP contribution in [-0.4, -0.2) is 19.0 Å². The molecule has 1 aromatic rings. The minimum atomic E-state index is 0.305. The molecule has 2 unspecified atom stereocenters. The first-order valence-corrected chi connectivity index (χ1v) is 6.71. The standard InChI is InChI=1S/C11H11BrO2S/c12-10-2-1-6(15-10)3-9(13)11-7-4-14-5-8(7)11/h1-2,7-8,11H,3-5H2. The van der Waals surface area contributed by atoms with Crippen LogP contribution in [0.5, 0.6) is 0 Å². The van der Waals surface area contributed by atoms with E-state index >= 15 is 0 Å². The molecule has 1 aliphatic heterocycles. The van der Waals surface area contributed by atoms with Crippen molar-refractivity contribution in [2.45, 2.75) is 6.42 Å². The maximum atomic E-state index is 11.9. The molecule has 1 saturated carbocycles. The van der Waals surface area contributed by atoms with Gasteiger partial charge in [0.25, 0.3) is 0 Å². The first-order valence-electron chi connectivity index (χ1n) is 5.10. The van der Waals surface area contributed by atoms with Gasteiger partial charge >= 0.3 is 0 Å². The van der Waals surface area contributed by atoms with E-state index < -0.39 is 0 Å². The molecule has 4 heteroatoms. The largest absolute Gasteiger partial charge is 0.381 e. The third kappa shape index (κ3) is 1.79. The predicted molar refractivity (Wildman–Crippen MR) is 62.0 cm³/mol. The molecule has 15 heavy (non-hydrogen) atoms. The number of Topliss-reactive ketones (excluding diaryl/α,β-unsaturated/α-hetero) is 1. The molecule has 2 fully saturated rings. The van der Waals surface area contributed by atoms with Crippen molar-refractivity contribution in [3.8, 4) is 0 Å². The molecule has 2 atom stereocenters. The van der Waals surface area contributed by atoms with Crippen molar-refractivity contribution in [1.29, 1.82) is 0 Å². The summed E-state index contributed by atoms with van der Waals surface area (Å²) in [6.07, 6.45) is 0.605. The highest BCUT2D eigenvalue weighted by Gasteiger charge is 2.57. The van der Waals surface area contributed by atoms with Gasteiger partial charge in [-0.2, -0.15) is 0 Å². The van der Waals surface area contributed by atoms with Gasteiger partial charge in [0.05, 0.1) is 17.0 Å². The molecule has 0 N–H and O–H groups in total. The van der Waals surface area contributed by atoms with E-state index in [-0.39, 0.29) is 0 Å². The van der Waals surface area contributed by atoms with E-state index in [1.807, 2.05) is 12.1 Å². The smallest absolute Gasteiger partial charge is 0.141 e. The first kappa shape index (κ1) is 10.00. The van der Waals surface area contributed by atoms with Crippen molar-refractivity contribution in [3.63, 3.8) is 0 Å². The maximum Gasteiger partial charge on any atom is 0.141 e. The van der Waals surface area contributed by atoms with Gasteiger partial charge in [0.2, 0.25) is 0 Å². The minimum absolute atomic E-state index is 0.305. The molecule has 0 aromatic carbocycles. The summed E-state index contributed by atoms with van der Waals surface area (Å²) < 4.78 is 6.39. The van der Waals surface area contributed by atoms with Gasteiger partial charge in [-0.3, -0.25) is 4.79 Å². The summed E-state index contributed by atoms with van der Waals surface area (Å²) in [6.45, 7) is 1.60. The van der Waals surface area contributed by atoms with Crippen molar-refractivity contribution < 1.29 is 9.53 Å². The van der Waals surface area contributed by atoms with E-state index in [0.717, 1.165) is 21.9 Å². The fraction of sp³-hybridized carbons (Fsp3) is 0.545. The third-order valence-corrected chi connectivity index (χ3v) is 4.92. The highest BCUT2D eigenvalue weighted by Crippen LogP contribution is 2.51. The summed E-state index contributed by atoms with van der Waals surface area (Å²) in [6, 6.07) is 4.03. The van der Waals surface area contributed by atoms with Crippen LogP contribution in [0.15, 0.2) is 15.9 Å². The van der Waals surface area contributed by atoms with E-state index in [0.29, 0.717) is 30.0 Å². The minimum Gasteiger partial charge on any atom is -0.381 e. The summed E-state index contributed by atoms with van der Waals surface area (Å²) in [5.41, 5.74) is 0. The van der Waals surface area contributed by atoms with Crippen LogP contribution in [0.25, 0.3) is 0 Å². The summed E-state index contributed by atoms with van der Waals surface area (Å²) in [4.78, 5) is 13.1. The summed E-state index contributed by atoms with van der Waals surface area (Å²) >= 11 is 5.06. The number of hydrogen-bond donors (Lipinski definition) is 0. The summed E-state index contributed by atoms with van der Waals surface area (Å²) in [5, 5.41) is 0.